The molecule has 0 spiro atoms. The first-order valence-corrected chi connectivity index (χ1v) is 8.67. The van der Waals surface area contributed by atoms with Crippen molar-refractivity contribution in [2.24, 2.45) is 0 Å². The lowest BCUT2D eigenvalue weighted by Crippen LogP contribution is -1.98. The highest BCUT2D eigenvalue weighted by molar-refractivity contribution is 7.60. The standard InChI is InChI=1S/C10H19FO7P2/c1-8(2)5-4-6-9(3)10(11)7-17-20(15,16)18-19(12,13)14/h5H,4,6-7H2,1-3H3,(H,15,16)(H2,12,13,14). The van der Waals surface area contributed by atoms with E-state index in [-0.39, 0.29) is 0 Å². The summed E-state index contributed by atoms with van der Waals surface area (Å²) in [5, 5.41) is 0. The van der Waals surface area contributed by atoms with E-state index in [0.29, 0.717) is 18.4 Å². The molecule has 0 radical (unpaired) electrons. The number of rotatable bonds is 8. The highest BCUT2D eigenvalue weighted by atomic mass is 31.3. The van der Waals surface area contributed by atoms with Gasteiger partial charge in [0.25, 0.3) is 0 Å². The van der Waals surface area contributed by atoms with Crippen LogP contribution in [0, 0.1) is 0 Å². The first kappa shape index (κ1) is 19.7. The normalized spacial score (nSPS) is 16.4. The number of hydrogen-bond donors (Lipinski definition) is 3. The largest absolute Gasteiger partial charge is 0.481 e. The Kier molecular flexibility index (Phi) is 8.06. The van der Waals surface area contributed by atoms with Crippen LogP contribution in [0.15, 0.2) is 23.0 Å². The molecule has 0 fully saturated rings. The van der Waals surface area contributed by atoms with E-state index < -0.39 is 28.1 Å². The maximum atomic E-state index is 13.5. The van der Waals surface area contributed by atoms with E-state index in [1.807, 2.05) is 19.9 Å². The number of phosphoric acid groups is 2. The predicted octanol–water partition coefficient (Wildman–Crippen LogP) is 3.20. The third kappa shape index (κ3) is 10.5. The van der Waals surface area contributed by atoms with Crippen molar-refractivity contribution in [2.75, 3.05) is 6.61 Å². The van der Waals surface area contributed by atoms with E-state index in [1.165, 1.54) is 6.92 Å². The fourth-order valence-corrected chi connectivity index (χ4v) is 2.67. The Morgan fingerprint density at radius 3 is 2.20 bits per heavy atom. The molecule has 0 saturated carbocycles. The first-order valence-electron chi connectivity index (χ1n) is 5.64. The Morgan fingerprint density at radius 1 is 1.20 bits per heavy atom. The fraction of sp³-hybridized carbons (Fsp3) is 0.600. The van der Waals surface area contributed by atoms with Crippen LogP contribution in [0.25, 0.3) is 0 Å². The van der Waals surface area contributed by atoms with E-state index in [4.69, 9.17) is 14.7 Å². The van der Waals surface area contributed by atoms with Crippen molar-refractivity contribution in [2.45, 2.75) is 33.6 Å². The minimum atomic E-state index is -5.18. The van der Waals surface area contributed by atoms with Gasteiger partial charge in [0.2, 0.25) is 0 Å². The van der Waals surface area contributed by atoms with Gasteiger partial charge in [0.05, 0.1) is 0 Å². The van der Waals surface area contributed by atoms with Crippen molar-refractivity contribution in [3.63, 3.8) is 0 Å². The van der Waals surface area contributed by atoms with Gasteiger partial charge in [-0.15, -0.1) is 0 Å². The van der Waals surface area contributed by atoms with Gasteiger partial charge in [0.15, 0.2) is 0 Å². The van der Waals surface area contributed by atoms with Gasteiger partial charge in [-0.05, 0) is 39.2 Å². The molecule has 0 aromatic heterocycles. The zero-order chi connectivity index (χ0) is 16.0. The van der Waals surface area contributed by atoms with Crippen LogP contribution in [0.2, 0.25) is 0 Å². The summed E-state index contributed by atoms with van der Waals surface area (Å²) in [5.74, 6) is -0.782. The van der Waals surface area contributed by atoms with Crippen LogP contribution in [0.5, 0.6) is 0 Å². The summed E-state index contributed by atoms with van der Waals surface area (Å²) < 4.78 is 42.7. The minimum Gasteiger partial charge on any atom is -0.302 e. The van der Waals surface area contributed by atoms with Gasteiger partial charge in [0.1, 0.15) is 12.4 Å². The Hall–Kier alpha value is -0.330. The Morgan fingerprint density at radius 2 is 1.75 bits per heavy atom. The second-order valence-electron chi connectivity index (χ2n) is 4.32. The van der Waals surface area contributed by atoms with E-state index in [1.54, 1.807) is 0 Å². The van der Waals surface area contributed by atoms with E-state index in [2.05, 4.69) is 8.83 Å². The second-order valence-corrected chi connectivity index (χ2v) is 7.15. The van der Waals surface area contributed by atoms with Crippen LogP contribution in [-0.2, 0) is 18.0 Å². The van der Waals surface area contributed by atoms with Crippen LogP contribution in [0.3, 0.4) is 0 Å². The highest BCUT2D eigenvalue weighted by Crippen LogP contribution is 2.57. The van der Waals surface area contributed by atoms with Gasteiger partial charge >= 0.3 is 15.6 Å². The number of phosphoric ester groups is 1. The molecule has 0 rings (SSSR count). The molecule has 0 heterocycles. The molecule has 7 nitrogen and oxygen atoms in total. The minimum absolute atomic E-state index is 0.318. The average molecular weight is 332 g/mol. The smallest absolute Gasteiger partial charge is 0.302 e. The molecule has 1 atom stereocenters. The maximum absolute atomic E-state index is 13.5. The molecular weight excluding hydrogens is 313 g/mol. The average Bonchev–Trinajstić information content (AvgIpc) is 2.22. The van der Waals surface area contributed by atoms with Gasteiger partial charge in [-0.25, -0.2) is 13.5 Å². The van der Waals surface area contributed by atoms with Gasteiger partial charge in [-0.2, -0.15) is 4.31 Å². The molecule has 0 bridgehead atoms. The molecule has 0 aliphatic heterocycles. The second kappa shape index (κ2) is 8.20. The first-order chi connectivity index (χ1) is 8.93. The third-order valence-electron chi connectivity index (χ3n) is 2.10. The molecule has 0 aromatic carbocycles. The van der Waals surface area contributed by atoms with Crippen LogP contribution in [-0.4, -0.2) is 21.3 Å². The van der Waals surface area contributed by atoms with E-state index in [9.17, 15) is 13.5 Å². The zero-order valence-corrected chi connectivity index (χ0v) is 13.2. The Labute approximate surface area is 117 Å². The molecular formula is C10H19FO7P2. The highest BCUT2D eigenvalue weighted by Gasteiger charge is 2.32. The molecule has 0 saturated heterocycles. The van der Waals surface area contributed by atoms with Crippen molar-refractivity contribution in [3.05, 3.63) is 23.0 Å². The van der Waals surface area contributed by atoms with Crippen molar-refractivity contribution in [1.29, 1.82) is 0 Å². The Balaban J connectivity index is 4.45. The van der Waals surface area contributed by atoms with Gasteiger partial charge in [-0.3, -0.25) is 4.52 Å². The van der Waals surface area contributed by atoms with Crippen LogP contribution in [0.4, 0.5) is 4.39 Å². The lowest BCUT2D eigenvalue weighted by molar-refractivity contribution is 0.181. The van der Waals surface area contributed by atoms with E-state index >= 15 is 0 Å². The fourth-order valence-electron chi connectivity index (χ4n) is 1.13. The summed E-state index contributed by atoms with van der Waals surface area (Å²) >= 11 is 0. The summed E-state index contributed by atoms with van der Waals surface area (Å²) in [7, 11) is -10.2. The van der Waals surface area contributed by atoms with Crippen molar-refractivity contribution >= 4 is 15.6 Å². The van der Waals surface area contributed by atoms with E-state index in [0.717, 1.165) is 5.57 Å². The molecule has 0 aliphatic carbocycles. The third-order valence-corrected chi connectivity index (χ3v) is 4.23. The lowest BCUT2D eigenvalue weighted by atomic mass is 10.1. The van der Waals surface area contributed by atoms with Gasteiger partial charge in [-0.1, -0.05) is 11.6 Å². The summed E-state index contributed by atoms with van der Waals surface area (Å²) in [5.41, 5.74) is 1.41. The Bertz CT molecular complexity index is 476. The molecule has 118 valence electrons. The summed E-state index contributed by atoms with van der Waals surface area (Å²) in [6, 6.07) is 0. The predicted molar refractivity (Wildman–Crippen MR) is 71.4 cm³/mol. The lowest BCUT2D eigenvalue weighted by Gasteiger charge is -2.12. The number of allylic oxidation sites excluding steroid dienone is 3. The van der Waals surface area contributed by atoms with Crippen LogP contribution < -0.4 is 0 Å². The molecule has 0 aromatic rings. The number of hydrogen-bond acceptors (Lipinski definition) is 4. The summed E-state index contributed by atoms with van der Waals surface area (Å²) in [4.78, 5) is 25.7. The SMILES string of the molecule is CC(C)=CCCC(C)=C(F)COP(=O)(O)OP(=O)(O)O. The molecule has 0 amide bonds. The summed E-state index contributed by atoms with van der Waals surface area (Å²) in [6.07, 6.45) is 2.91. The molecule has 10 heteroatoms. The van der Waals surface area contributed by atoms with Gasteiger partial charge in [0, 0.05) is 0 Å². The van der Waals surface area contributed by atoms with Gasteiger partial charge < -0.3 is 14.7 Å². The molecule has 20 heavy (non-hydrogen) atoms. The maximum Gasteiger partial charge on any atom is 0.481 e. The molecule has 1 unspecified atom stereocenters. The van der Waals surface area contributed by atoms with Crippen LogP contribution >= 0.6 is 15.6 Å². The van der Waals surface area contributed by atoms with Crippen molar-refractivity contribution < 1.29 is 37.0 Å². The molecule has 3 N–H and O–H groups in total. The summed E-state index contributed by atoms with van der Waals surface area (Å²) in [6.45, 7) is 4.40. The molecule has 0 aliphatic rings. The quantitative estimate of drug-likeness (QED) is 0.462. The van der Waals surface area contributed by atoms with Crippen molar-refractivity contribution in [1.82, 2.24) is 0 Å². The topological polar surface area (TPSA) is 113 Å². The monoisotopic (exact) mass is 332 g/mol. The van der Waals surface area contributed by atoms with Crippen molar-refractivity contribution in [3.8, 4) is 0 Å². The number of halogens is 1. The zero-order valence-electron chi connectivity index (χ0n) is 11.4. The van der Waals surface area contributed by atoms with Crippen LogP contribution in [0.1, 0.15) is 33.6 Å².